The van der Waals surface area contributed by atoms with E-state index in [1.165, 1.54) is 0 Å². The van der Waals surface area contributed by atoms with Crippen LogP contribution < -0.4 is 10.6 Å². The third kappa shape index (κ3) is 2.91. The zero-order chi connectivity index (χ0) is 14.9. The minimum atomic E-state index is -0.979. The Hall–Kier alpha value is -2.08. The van der Waals surface area contributed by atoms with Gasteiger partial charge in [-0.1, -0.05) is 17.7 Å². The van der Waals surface area contributed by atoms with Crippen LogP contribution in [0, 0.1) is 0 Å². The van der Waals surface area contributed by atoms with Crippen molar-refractivity contribution < 1.29 is 14.4 Å². The number of imide groups is 1. The maximum atomic E-state index is 11.9. The first-order chi connectivity index (χ1) is 9.29. The molecule has 20 heavy (non-hydrogen) atoms. The first-order valence-corrected chi connectivity index (χ1v) is 6.37. The number of rotatable bonds is 3. The fraction of sp³-hybridized carbons (Fsp3) is 0.308. The van der Waals surface area contributed by atoms with Crippen molar-refractivity contribution >= 4 is 35.1 Å². The van der Waals surface area contributed by atoms with Gasteiger partial charge in [-0.15, -0.1) is 0 Å². The first kappa shape index (κ1) is 14.3. The minimum absolute atomic E-state index is 0.333. The van der Waals surface area contributed by atoms with Crippen molar-refractivity contribution in [1.29, 1.82) is 0 Å². The lowest BCUT2D eigenvalue weighted by molar-refractivity contribution is -0.132. The monoisotopic (exact) mass is 295 g/mol. The summed E-state index contributed by atoms with van der Waals surface area (Å²) in [5.74, 6) is -0.891. The van der Waals surface area contributed by atoms with Gasteiger partial charge in [0, 0.05) is 10.7 Å². The Labute approximate surface area is 121 Å². The van der Waals surface area contributed by atoms with Gasteiger partial charge in [-0.2, -0.15) is 0 Å². The number of nitrogens with one attached hydrogen (secondary N) is 2. The van der Waals surface area contributed by atoms with Gasteiger partial charge in [0.05, 0.1) is 0 Å². The standard InChI is InChI=1S/C13H14ClN3O3/c1-13(2)11(19)17(12(20)16-13)7-10(18)15-9-5-3-4-8(14)6-9/h3-6H,7H2,1-2H3,(H,15,18)(H,16,20). The number of amides is 4. The molecule has 0 radical (unpaired) electrons. The van der Waals surface area contributed by atoms with Gasteiger partial charge in [0.15, 0.2) is 0 Å². The fourth-order valence-corrected chi connectivity index (χ4v) is 2.06. The molecule has 1 heterocycles. The molecule has 1 fully saturated rings. The number of nitrogens with zero attached hydrogens (tertiary/aromatic N) is 1. The molecule has 1 aliphatic heterocycles. The highest BCUT2D eigenvalue weighted by Crippen LogP contribution is 2.17. The zero-order valence-electron chi connectivity index (χ0n) is 11.1. The van der Waals surface area contributed by atoms with E-state index in [2.05, 4.69) is 10.6 Å². The third-order valence-corrected chi connectivity index (χ3v) is 3.09. The van der Waals surface area contributed by atoms with Gasteiger partial charge in [0.1, 0.15) is 12.1 Å². The van der Waals surface area contributed by atoms with Crippen LogP contribution in [-0.4, -0.2) is 34.8 Å². The van der Waals surface area contributed by atoms with E-state index in [1.54, 1.807) is 38.1 Å². The number of carbonyl (C=O) groups is 3. The van der Waals surface area contributed by atoms with Gasteiger partial charge in [0.2, 0.25) is 5.91 Å². The van der Waals surface area contributed by atoms with Crippen molar-refractivity contribution in [2.75, 3.05) is 11.9 Å². The van der Waals surface area contributed by atoms with E-state index in [1.807, 2.05) is 0 Å². The summed E-state index contributed by atoms with van der Waals surface area (Å²) in [5, 5.41) is 5.57. The number of anilines is 1. The summed E-state index contributed by atoms with van der Waals surface area (Å²) in [6.45, 7) is 2.84. The highest BCUT2D eigenvalue weighted by molar-refractivity contribution is 6.30. The third-order valence-electron chi connectivity index (χ3n) is 2.85. The predicted octanol–water partition coefficient (Wildman–Crippen LogP) is 1.61. The highest BCUT2D eigenvalue weighted by Gasteiger charge is 2.44. The molecule has 1 aromatic carbocycles. The summed E-state index contributed by atoms with van der Waals surface area (Å²) in [5.41, 5.74) is -0.471. The van der Waals surface area contributed by atoms with Gasteiger partial charge >= 0.3 is 6.03 Å². The van der Waals surface area contributed by atoms with Crippen LogP contribution in [0.5, 0.6) is 0 Å². The summed E-state index contributed by atoms with van der Waals surface area (Å²) < 4.78 is 0. The second-order valence-corrected chi connectivity index (χ2v) is 5.44. The molecule has 7 heteroatoms. The van der Waals surface area contributed by atoms with Crippen LogP contribution in [0.15, 0.2) is 24.3 Å². The number of carbonyl (C=O) groups excluding carboxylic acids is 3. The molecule has 0 unspecified atom stereocenters. The molecule has 106 valence electrons. The van der Waals surface area contributed by atoms with E-state index in [0.717, 1.165) is 4.90 Å². The molecule has 2 N–H and O–H groups in total. The van der Waals surface area contributed by atoms with E-state index < -0.39 is 23.4 Å². The lowest BCUT2D eigenvalue weighted by Crippen LogP contribution is -2.41. The van der Waals surface area contributed by atoms with Crippen LogP contribution in [0.3, 0.4) is 0 Å². The summed E-state index contributed by atoms with van der Waals surface area (Å²) in [4.78, 5) is 36.3. The van der Waals surface area contributed by atoms with Crippen molar-refractivity contribution in [2.24, 2.45) is 0 Å². The molecule has 2 rings (SSSR count). The number of benzene rings is 1. The highest BCUT2D eigenvalue weighted by atomic mass is 35.5. The quantitative estimate of drug-likeness (QED) is 0.832. The van der Waals surface area contributed by atoms with Crippen molar-refractivity contribution in [3.8, 4) is 0 Å². The Morgan fingerprint density at radius 3 is 2.65 bits per heavy atom. The SMILES string of the molecule is CC1(C)NC(=O)N(CC(=O)Nc2cccc(Cl)c2)C1=O. The second-order valence-electron chi connectivity index (χ2n) is 5.00. The minimum Gasteiger partial charge on any atom is -0.324 e. The Morgan fingerprint density at radius 2 is 2.10 bits per heavy atom. The van der Waals surface area contributed by atoms with E-state index in [-0.39, 0.29) is 6.54 Å². The van der Waals surface area contributed by atoms with Crippen LogP contribution in [-0.2, 0) is 9.59 Å². The summed E-state index contributed by atoms with van der Waals surface area (Å²) >= 11 is 5.80. The molecular weight excluding hydrogens is 282 g/mol. The first-order valence-electron chi connectivity index (χ1n) is 5.99. The van der Waals surface area contributed by atoms with Crippen molar-refractivity contribution in [3.63, 3.8) is 0 Å². The molecule has 0 aromatic heterocycles. The average Bonchev–Trinajstić information content (AvgIpc) is 2.51. The average molecular weight is 296 g/mol. The topological polar surface area (TPSA) is 78.5 Å². The smallest absolute Gasteiger partial charge is 0.324 e. The number of hydrogen-bond acceptors (Lipinski definition) is 3. The van der Waals surface area contributed by atoms with Crippen LogP contribution in [0.4, 0.5) is 10.5 Å². The summed E-state index contributed by atoms with van der Waals surface area (Å²) in [6.07, 6.45) is 0. The molecule has 4 amide bonds. The maximum absolute atomic E-state index is 11.9. The normalized spacial score (nSPS) is 17.1. The lowest BCUT2D eigenvalue weighted by Gasteiger charge is -2.15. The Balaban J connectivity index is 2.02. The number of hydrogen-bond donors (Lipinski definition) is 2. The Kier molecular flexibility index (Phi) is 3.67. The van der Waals surface area contributed by atoms with E-state index in [9.17, 15) is 14.4 Å². The summed E-state index contributed by atoms with van der Waals surface area (Å²) in [6, 6.07) is 6.04. The predicted molar refractivity (Wildman–Crippen MR) is 74.4 cm³/mol. The van der Waals surface area contributed by atoms with Crippen molar-refractivity contribution in [2.45, 2.75) is 19.4 Å². The summed E-state index contributed by atoms with van der Waals surface area (Å²) in [7, 11) is 0. The lowest BCUT2D eigenvalue weighted by atomic mass is 10.1. The molecule has 0 bridgehead atoms. The molecule has 1 aromatic rings. The molecule has 0 saturated carbocycles. The van der Waals surface area contributed by atoms with Gasteiger partial charge in [0.25, 0.3) is 5.91 Å². The van der Waals surface area contributed by atoms with Gasteiger partial charge in [-0.25, -0.2) is 4.79 Å². The Morgan fingerprint density at radius 1 is 1.40 bits per heavy atom. The van der Waals surface area contributed by atoms with Gasteiger partial charge in [-0.3, -0.25) is 14.5 Å². The number of urea groups is 1. The van der Waals surface area contributed by atoms with Crippen LogP contribution in [0.2, 0.25) is 5.02 Å². The molecule has 0 spiro atoms. The maximum Gasteiger partial charge on any atom is 0.325 e. The molecule has 1 saturated heterocycles. The molecule has 0 aliphatic carbocycles. The second kappa shape index (κ2) is 5.13. The van der Waals surface area contributed by atoms with Crippen LogP contribution in [0.1, 0.15) is 13.8 Å². The molecule has 1 aliphatic rings. The van der Waals surface area contributed by atoms with E-state index in [0.29, 0.717) is 10.7 Å². The molecule has 6 nitrogen and oxygen atoms in total. The largest absolute Gasteiger partial charge is 0.325 e. The van der Waals surface area contributed by atoms with E-state index in [4.69, 9.17) is 11.6 Å². The number of halogens is 1. The van der Waals surface area contributed by atoms with Crippen molar-refractivity contribution in [3.05, 3.63) is 29.3 Å². The fourth-order valence-electron chi connectivity index (χ4n) is 1.87. The van der Waals surface area contributed by atoms with Crippen LogP contribution in [0.25, 0.3) is 0 Å². The van der Waals surface area contributed by atoms with Gasteiger partial charge in [-0.05, 0) is 32.0 Å². The Bertz CT molecular complexity index is 586. The van der Waals surface area contributed by atoms with Crippen LogP contribution >= 0.6 is 11.6 Å². The van der Waals surface area contributed by atoms with E-state index >= 15 is 0 Å². The van der Waals surface area contributed by atoms with Gasteiger partial charge < -0.3 is 10.6 Å². The molecular formula is C13H14ClN3O3. The molecule has 0 atom stereocenters. The van der Waals surface area contributed by atoms with Crippen molar-refractivity contribution in [1.82, 2.24) is 10.2 Å². The zero-order valence-corrected chi connectivity index (χ0v) is 11.8.